The van der Waals surface area contributed by atoms with E-state index in [2.05, 4.69) is 16.3 Å². The van der Waals surface area contributed by atoms with Crippen molar-refractivity contribution in [2.75, 3.05) is 12.4 Å². The first-order valence-electron chi connectivity index (χ1n) is 5.43. The standard InChI is InChI=1S/C10H18N2OS2/c1-2-9-11-10(15-12-9)14-8-6-4-3-5-7-13/h13H,2-8H2,1H3. The van der Waals surface area contributed by atoms with Gasteiger partial charge in [-0.15, -0.1) is 0 Å². The molecule has 0 aliphatic rings. The number of thioether (sulfide) groups is 1. The normalized spacial score (nSPS) is 10.8. The van der Waals surface area contributed by atoms with Gasteiger partial charge in [0.15, 0.2) is 4.34 Å². The Morgan fingerprint density at radius 2 is 2.07 bits per heavy atom. The van der Waals surface area contributed by atoms with Crippen LogP contribution in [-0.2, 0) is 6.42 Å². The number of nitrogens with zero attached hydrogens (tertiary/aromatic N) is 2. The predicted octanol–water partition coefficient (Wildman–Crippen LogP) is 2.75. The molecule has 0 atom stereocenters. The Hall–Kier alpha value is -0.130. The smallest absolute Gasteiger partial charge is 0.170 e. The fraction of sp³-hybridized carbons (Fsp3) is 0.800. The summed E-state index contributed by atoms with van der Waals surface area (Å²) in [7, 11) is 0. The predicted molar refractivity (Wildman–Crippen MR) is 65.6 cm³/mol. The molecule has 0 radical (unpaired) electrons. The molecular formula is C10H18N2OS2. The molecule has 0 amide bonds. The maximum absolute atomic E-state index is 8.61. The van der Waals surface area contributed by atoms with Gasteiger partial charge in [0.2, 0.25) is 0 Å². The van der Waals surface area contributed by atoms with Crippen LogP contribution < -0.4 is 0 Å². The summed E-state index contributed by atoms with van der Waals surface area (Å²) in [6.07, 6.45) is 5.39. The van der Waals surface area contributed by atoms with E-state index in [0.29, 0.717) is 6.61 Å². The molecule has 0 aliphatic carbocycles. The summed E-state index contributed by atoms with van der Waals surface area (Å²) >= 11 is 3.30. The first-order chi connectivity index (χ1) is 7.36. The minimum atomic E-state index is 0.323. The van der Waals surface area contributed by atoms with E-state index in [-0.39, 0.29) is 0 Å². The van der Waals surface area contributed by atoms with Gasteiger partial charge >= 0.3 is 0 Å². The Bertz CT molecular complexity index is 266. The van der Waals surface area contributed by atoms with Gasteiger partial charge in [0, 0.05) is 18.8 Å². The minimum absolute atomic E-state index is 0.323. The fourth-order valence-corrected chi connectivity index (χ4v) is 2.93. The quantitative estimate of drug-likeness (QED) is 0.566. The summed E-state index contributed by atoms with van der Waals surface area (Å²) < 4.78 is 5.33. The van der Waals surface area contributed by atoms with Crippen LogP contribution in [-0.4, -0.2) is 26.8 Å². The van der Waals surface area contributed by atoms with Crippen molar-refractivity contribution in [2.45, 2.75) is 43.4 Å². The van der Waals surface area contributed by atoms with Gasteiger partial charge in [-0.25, -0.2) is 4.98 Å². The van der Waals surface area contributed by atoms with E-state index in [4.69, 9.17) is 5.11 Å². The molecule has 15 heavy (non-hydrogen) atoms. The van der Waals surface area contributed by atoms with Gasteiger partial charge in [-0.05, 0) is 24.4 Å². The Balaban J connectivity index is 2.04. The third-order valence-corrected chi connectivity index (χ3v) is 4.00. The van der Waals surface area contributed by atoms with Crippen molar-refractivity contribution < 1.29 is 5.11 Å². The van der Waals surface area contributed by atoms with Crippen molar-refractivity contribution in [3.05, 3.63) is 5.82 Å². The van der Waals surface area contributed by atoms with E-state index in [9.17, 15) is 0 Å². The highest BCUT2D eigenvalue weighted by molar-refractivity contribution is 8.00. The summed E-state index contributed by atoms with van der Waals surface area (Å²) in [6, 6.07) is 0. The summed E-state index contributed by atoms with van der Waals surface area (Å²) in [5.74, 6) is 2.08. The Morgan fingerprint density at radius 3 is 2.73 bits per heavy atom. The molecule has 1 rings (SSSR count). The molecule has 0 bridgehead atoms. The van der Waals surface area contributed by atoms with Crippen LogP contribution >= 0.6 is 23.3 Å². The van der Waals surface area contributed by atoms with Gasteiger partial charge in [0.05, 0.1) is 0 Å². The van der Waals surface area contributed by atoms with Crippen LogP contribution in [0.2, 0.25) is 0 Å². The molecule has 0 aromatic carbocycles. The summed E-state index contributed by atoms with van der Waals surface area (Å²) in [6.45, 7) is 2.40. The van der Waals surface area contributed by atoms with Crippen molar-refractivity contribution in [2.24, 2.45) is 0 Å². The molecule has 0 unspecified atom stereocenters. The van der Waals surface area contributed by atoms with Crippen molar-refractivity contribution in [3.63, 3.8) is 0 Å². The molecule has 1 aromatic rings. The van der Waals surface area contributed by atoms with Gasteiger partial charge in [-0.1, -0.05) is 31.5 Å². The van der Waals surface area contributed by atoms with Crippen LogP contribution in [0, 0.1) is 0 Å². The van der Waals surface area contributed by atoms with E-state index in [0.717, 1.165) is 35.2 Å². The van der Waals surface area contributed by atoms with E-state index in [1.54, 1.807) is 11.8 Å². The molecule has 0 spiro atoms. The summed E-state index contributed by atoms with van der Waals surface area (Å²) in [5.41, 5.74) is 0. The zero-order chi connectivity index (χ0) is 10.9. The topological polar surface area (TPSA) is 46.0 Å². The van der Waals surface area contributed by atoms with E-state index in [1.807, 2.05) is 0 Å². The van der Waals surface area contributed by atoms with Crippen LogP contribution in [0.25, 0.3) is 0 Å². The highest BCUT2D eigenvalue weighted by Gasteiger charge is 2.01. The van der Waals surface area contributed by atoms with Crippen molar-refractivity contribution >= 4 is 23.3 Å². The van der Waals surface area contributed by atoms with Crippen LogP contribution in [0.5, 0.6) is 0 Å². The Morgan fingerprint density at radius 1 is 1.27 bits per heavy atom. The number of aliphatic hydroxyl groups excluding tert-OH is 1. The zero-order valence-corrected chi connectivity index (χ0v) is 10.7. The maximum atomic E-state index is 8.61. The van der Waals surface area contributed by atoms with E-state index >= 15 is 0 Å². The van der Waals surface area contributed by atoms with Crippen LogP contribution in [0.3, 0.4) is 0 Å². The van der Waals surface area contributed by atoms with Gasteiger partial charge in [-0.2, -0.15) is 4.37 Å². The number of rotatable bonds is 8. The second-order valence-electron chi connectivity index (χ2n) is 3.32. The van der Waals surface area contributed by atoms with Crippen molar-refractivity contribution in [3.8, 4) is 0 Å². The zero-order valence-electron chi connectivity index (χ0n) is 9.11. The van der Waals surface area contributed by atoms with E-state index < -0.39 is 0 Å². The number of unbranched alkanes of at least 4 members (excludes halogenated alkanes) is 3. The highest BCUT2D eigenvalue weighted by Crippen LogP contribution is 2.21. The number of hydrogen-bond donors (Lipinski definition) is 1. The summed E-state index contributed by atoms with van der Waals surface area (Å²) in [4.78, 5) is 4.39. The Kier molecular flexibility index (Phi) is 6.96. The van der Waals surface area contributed by atoms with Crippen LogP contribution in [0.1, 0.15) is 38.4 Å². The molecular weight excluding hydrogens is 228 g/mol. The molecule has 0 fully saturated rings. The van der Waals surface area contributed by atoms with Gasteiger partial charge in [0.25, 0.3) is 0 Å². The number of aliphatic hydroxyl groups is 1. The third kappa shape index (κ3) is 5.49. The molecule has 0 saturated heterocycles. The molecule has 1 aromatic heterocycles. The lowest BCUT2D eigenvalue weighted by Gasteiger charge is -1.97. The SMILES string of the molecule is CCc1nsc(SCCCCCCO)n1. The first-order valence-corrected chi connectivity index (χ1v) is 7.19. The van der Waals surface area contributed by atoms with Gasteiger partial charge < -0.3 is 5.11 Å². The summed E-state index contributed by atoms with van der Waals surface area (Å²) in [5, 5.41) is 8.61. The lowest BCUT2D eigenvalue weighted by Crippen LogP contribution is -1.85. The monoisotopic (exact) mass is 246 g/mol. The highest BCUT2D eigenvalue weighted by atomic mass is 32.2. The number of aromatic nitrogens is 2. The number of hydrogen-bond acceptors (Lipinski definition) is 5. The third-order valence-electron chi connectivity index (χ3n) is 2.04. The van der Waals surface area contributed by atoms with Gasteiger partial charge in [-0.3, -0.25) is 0 Å². The van der Waals surface area contributed by atoms with Crippen LogP contribution in [0.4, 0.5) is 0 Å². The molecule has 3 nitrogen and oxygen atoms in total. The first kappa shape index (κ1) is 12.9. The number of aryl methyl sites for hydroxylation is 1. The molecule has 0 aliphatic heterocycles. The average molecular weight is 246 g/mol. The van der Waals surface area contributed by atoms with E-state index in [1.165, 1.54) is 24.4 Å². The average Bonchev–Trinajstić information content (AvgIpc) is 2.71. The molecule has 5 heteroatoms. The maximum Gasteiger partial charge on any atom is 0.170 e. The second-order valence-corrected chi connectivity index (χ2v) is 5.41. The van der Waals surface area contributed by atoms with Gasteiger partial charge in [0.1, 0.15) is 5.82 Å². The minimum Gasteiger partial charge on any atom is -0.396 e. The Labute approximate surface area is 99.5 Å². The second kappa shape index (κ2) is 8.07. The lowest BCUT2D eigenvalue weighted by atomic mass is 10.2. The fourth-order valence-electron chi connectivity index (χ4n) is 1.17. The molecule has 1 N–H and O–H groups in total. The van der Waals surface area contributed by atoms with Crippen molar-refractivity contribution in [1.29, 1.82) is 0 Å². The largest absolute Gasteiger partial charge is 0.396 e. The lowest BCUT2D eigenvalue weighted by molar-refractivity contribution is 0.283. The molecule has 1 heterocycles. The molecule has 0 saturated carbocycles. The molecule has 86 valence electrons. The van der Waals surface area contributed by atoms with Crippen LogP contribution in [0.15, 0.2) is 4.34 Å². The van der Waals surface area contributed by atoms with Crippen molar-refractivity contribution in [1.82, 2.24) is 9.36 Å².